The number of ether oxygens (including phenoxy) is 1. The maximum Gasteiger partial charge on any atom is 0.305 e. The second kappa shape index (κ2) is 6.52. The van der Waals surface area contributed by atoms with E-state index in [1.165, 1.54) is 0 Å². The van der Waals surface area contributed by atoms with Crippen LogP contribution in [0.25, 0.3) is 11.0 Å². The molecule has 0 bridgehead atoms. The van der Waals surface area contributed by atoms with Crippen molar-refractivity contribution in [1.29, 1.82) is 0 Å². The van der Waals surface area contributed by atoms with Gasteiger partial charge < -0.3 is 14.4 Å². The Morgan fingerprint density at radius 2 is 2.20 bits per heavy atom. The summed E-state index contributed by atoms with van der Waals surface area (Å²) in [6, 6.07) is 7.83. The van der Waals surface area contributed by atoms with Crippen LogP contribution in [0.4, 0.5) is 0 Å². The molecule has 0 amide bonds. The molecule has 2 rings (SSSR count). The Hall–Kier alpha value is -1.88. The van der Waals surface area contributed by atoms with Crippen molar-refractivity contribution in [3.63, 3.8) is 0 Å². The number of aryl methyl sites for hydroxylation is 1. The van der Waals surface area contributed by atoms with Crippen LogP contribution in [-0.2, 0) is 22.5 Å². The van der Waals surface area contributed by atoms with Crippen LogP contribution >= 0.6 is 0 Å². The molecule has 108 valence electrons. The van der Waals surface area contributed by atoms with Crippen LogP contribution in [0.5, 0.6) is 0 Å². The molecule has 1 atom stereocenters. The maximum atomic E-state index is 10.8. The fourth-order valence-electron chi connectivity index (χ4n) is 2.39. The van der Waals surface area contributed by atoms with Gasteiger partial charge in [0.05, 0.1) is 17.5 Å². The standard InChI is InChI=1S/C15H20N2O3/c1-11(10-20-2)9-14-16-12-5-3-4-6-13(12)17(14)8-7-15(18)19/h3-6,11H,7-10H2,1-2H3,(H,18,19). The van der Waals surface area contributed by atoms with Gasteiger partial charge in [-0.1, -0.05) is 19.1 Å². The predicted octanol–water partition coefficient (Wildman–Crippen LogP) is 2.34. The number of carbonyl (C=O) groups is 1. The first-order chi connectivity index (χ1) is 9.61. The van der Waals surface area contributed by atoms with E-state index in [9.17, 15) is 4.79 Å². The third-order valence-corrected chi connectivity index (χ3v) is 3.27. The van der Waals surface area contributed by atoms with Crippen molar-refractivity contribution in [1.82, 2.24) is 9.55 Å². The van der Waals surface area contributed by atoms with E-state index in [2.05, 4.69) is 11.9 Å². The number of hydrogen-bond donors (Lipinski definition) is 1. The summed E-state index contributed by atoms with van der Waals surface area (Å²) in [5.41, 5.74) is 1.91. The number of imidazole rings is 1. The molecule has 1 aromatic carbocycles. The third-order valence-electron chi connectivity index (χ3n) is 3.27. The number of para-hydroxylation sites is 2. The fraction of sp³-hybridized carbons (Fsp3) is 0.467. The molecule has 0 aliphatic carbocycles. The highest BCUT2D eigenvalue weighted by atomic mass is 16.5. The highest BCUT2D eigenvalue weighted by molar-refractivity contribution is 5.76. The molecule has 0 spiro atoms. The summed E-state index contributed by atoms with van der Waals surface area (Å²) in [4.78, 5) is 15.4. The number of hydrogen-bond acceptors (Lipinski definition) is 3. The number of carboxylic acid groups (broad SMARTS) is 1. The van der Waals surface area contributed by atoms with Crippen molar-refractivity contribution in [2.24, 2.45) is 5.92 Å². The number of aromatic nitrogens is 2. The Kier molecular flexibility index (Phi) is 4.74. The maximum absolute atomic E-state index is 10.8. The largest absolute Gasteiger partial charge is 0.481 e. The van der Waals surface area contributed by atoms with Gasteiger partial charge in [0.15, 0.2) is 0 Å². The van der Waals surface area contributed by atoms with Gasteiger partial charge in [-0.25, -0.2) is 4.98 Å². The number of rotatable bonds is 7. The average molecular weight is 276 g/mol. The average Bonchev–Trinajstić information content (AvgIpc) is 2.73. The van der Waals surface area contributed by atoms with Crippen molar-refractivity contribution in [3.05, 3.63) is 30.1 Å². The van der Waals surface area contributed by atoms with Crippen molar-refractivity contribution < 1.29 is 14.6 Å². The second-order valence-corrected chi connectivity index (χ2v) is 5.08. The van der Waals surface area contributed by atoms with E-state index in [4.69, 9.17) is 9.84 Å². The number of aliphatic carboxylic acids is 1. The smallest absolute Gasteiger partial charge is 0.305 e. The molecule has 20 heavy (non-hydrogen) atoms. The Morgan fingerprint density at radius 1 is 1.45 bits per heavy atom. The molecule has 0 saturated carbocycles. The molecule has 2 aromatic rings. The lowest BCUT2D eigenvalue weighted by molar-refractivity contribution is -0.137. The summed E-state index contributed by atoms with van der Waals surface area (Å²) in [6.45, 7) is 3.22. The van der Waals surface area contributed by atoms with Crippen molar-refractivity contribution >= 4 is 17.0 Å². The van der Waals surface area contributed by atoms with Crippen molar-refractivity contribution in [2.75, 3.05) is 13.7 Å². The molecule has 1 unspecified atom stereocenters. The molecule has 0 aliphatic rings. The van der Waals surface area contributed by atoms with Gasteiger partial charge in [-0.15, -0.1) is 0 Å². The lowest BCUT2D eigenvalue weighted by atomic mass is 10.1. The Morgan fingerprint density at radius 3 is 2.90 bits per heavy atom. The zero-order valence-electron chi connectivity index (χ0n) is 11.9. The minimum absolute atomic E-state index is 0.103. The SMILES string of the molecule is COCC(C)Cc1nc2ccccc2n1CCC(=O)O. The van der Waals surface area contributed by atoms with Gasteiger partial charge in [-0.3, -0.25) is 4.79 Å². The summed E-state index contributed by atoms with van der Waals surface area (Å²) in [5, 5.41) is 8.89. The summed E-state index contributed by atoms with van der Waals surface area (Å²) >= 11 is 0. The highest BCUT2D eigenvalue weighted by Crippen LogP contribution is 2.19. The number of fused-ring (bicyclic) bond motifs is 1. The molecular weight excluding hydrogens is 256 g/mol. The van der Waals surface area contributed by atoms with Crippen molar-refractivity contribution in [2.45, 2.75) is 26.3 Å². The normalized spacial score (nSPS) is 12.7. The zero-order chi connectivity index (χ0) is 14.5. The second-order valence-electron chi connectivity index (χ2n) is 5.08. The van der Waals surface area contributed by atoms with Crippen LogP contribution in [0.2, 0.25) is 0 Å². The van der Waals surface area contributed by atoms with Gasteiger partial charge in [0.25, 0.3) is 0 Å². The van der Waals surface area contributed by atoms with Gasteiger partial charge in [-0.2, -0.15) is 0 Å². The van der Waals surface area contributed by atoms with E-state index in [1.807, 2.05) is 28.8 Å². The van der Waals surface area contributed by atoms with E-state index in [0.717, 1.165) is 23.3 Å². The minimum Gasteiger partial charge on any atom is -0.481 e. The molecule has 1 heterocycles. The number of carboxylic acids is 1. The third kappa shape index (κ3) is 3.36. The molecule has 0 radical (unpaired) electrons. The quantitative estimate of drug-likeness (QED) is 0.843. The monoisotopic (exact) mass is 276 g/mol. The van der Waals surface area contributed by atoms with Gasteiger partial charge in [0.1, 0.15) is 5.82 Å². The van der Waals surface area contributed by atoms with E-state index < -0.39 is 5.97 Å². The molecule has 1 aromatic heterocycles. The first-order valence-electron chi connectivity index (χ1n) is 6.76. The summed E-state index contributed by atoms with van der Waals surface area (Å²) < 4.78 is 7.17. The predicted molar refractivity (Wildman–Crippen MR) is 76.7 cm³/mol. The van der Waals surface area contributed by atoms with Gasteiger partial charge in [0.2, 0.25) is 0 Å². The molecule has 0 fully saturated rings. The summed E-state index contributed by atoms with van der Waals surface area (Å²) in [7, 11) is 1.68. The minimum atomic E-state index is -0.793. The lowest BCUT2D eigenvalue weighted by Crippen LogP contribution is -2.13. The van der Waals surface area contributed by atoms with Gasteiger partial charge >= 0.3 is 5.97 Å². The van der Waals surface area contributed by atoms with Crippen LogP contribution in [0.3, 0.4) is 0 Å². The highest BCUT2D eigenvalue weighted by Gasteiger charge is 2.14. The van der Waals surface area contributed by atoms with Gasteiger partial charge in [-0.05, 0) is 18.1 Å². The number of methoxy groups -OCH3 is 1. The van der Waals surface area contributed by atoms with Crippen LogP contribution in [0, 0.1) is 5.92 Å². The van der Waals surface area contributed by atoms with Crippen LogP contribution in [0.15, 0.2) is 24.3 Å². The van der Waals surface area contributed by atoms with Crippen LogP contribution in [0.1, 0.15) is 19.2 Å². The Balaban J connectivity index is 2.30. The van der Waals surface area contributed by atoms with Crippen molar-refractivity contribution in [3.8, 4) is 0 Å². The van der Waals surface area contributed by atoms with E-state index in [-0.39, 0.29) is 6.42 Å². The first-order valence-corrected chi connectivity index (χ1v) is 6.76. The van der Waals surface area contributed by atoms with E-state index in [0.29, 0.717) is 19.1 Å². The van der Waals surface area contributed by atoms with Crippen LogP contribution < -0.4 is 0 Å². The molecule has 1 N–H and O–H groups in total. The van der Waals surface area contributed by atoms with Gasteiger partial charge in [0, 0.05) is 26.7 Å². The molecule has 5 heteroatoms. The van der Waals surface area contributed by atoms with E-state index in [1.54, 1.807) is 7.11 Å². The topological polar surface area (TPSA) is 64.4 Å². The molecule has 5 nitrogen and oxygen atoms in total. The molecule has 0 saturated heterocycles. The molecular formula is C15H20N2O3. The fourth-order valence-corrected chi connectivity index (χ4v) is 2.39. The number of benzene rings is 1. The van der Waals surface area contributed by atoms with Crippen LogP contribution in [-0.4, -0.2) is 34.3 Å². The zero-order valence-corrected chi connectivity index (χ0v) is 11.9. The Labute approximate surface area is 118 Å². The molecule has 0 aliphatic heterocycles. The number of nitrogens with zero attached hydrogens (tertiary/aromatic N) is 2. The summed E-state index contributed by atoms with van der Waals surface area (Å²) in [5.74, 6) is 0.482. The first kappa shape index (κ1) is 14.5. The van der Waals surface area contributed by atoms with E-state index >= 15 is 0 Å². The lowest BCUT2D eigenvalue weighted by Gasteiger charge is -2.12. The Bertz CT molecular complexity index is 592. The summed E-state index contributed by atoms with van der Waals surface area (Å²) in [6.07, 6.45) is 0.883.